The van der Waals surface area contributed by atoms with Crippen LogP contribution in [-0.2, 0) is 17.6 Å². The van der Waals surface area contributed by atoms with Crippen LogP contribution >= 0.6 is 23.2 Å². The lowest BCUT2D eigenvalue weighted by molar-refractivity contribution is -0.123. The molecule has 25 heavy (non-hydrogen) atoms. The maximum Gasteiger partial charge on any atom is 0.276 e. The molecule has 7 heteroatoms. The summed E-state index contributed by atoms with van der Waals surface area (Å²) in [5.41, 5.74) is 7.34. The standard InChI is InChI=1S/C18H16Cl2N2O3/c19-13-5-7-16(20)15(9-13)18(24)22-21-17(23)10-25-14-6-4-11-2-1-3-12(11)8-14/h4-9H,1-3,10H2,(H,21,23)(H,22,24). The zero-order valence-electron chi connectivity index (χ0n) is 13.3. The van der Waals surface area contributed by atoms with Gasteiger partial charge in [-0.25, -0.2) is 0 Å². The van der Waals surface area contributed by atoms with Gasteiger partial charge in [-0.1, -0.05) is 29.3 Å². The monoisotopic (exact) mass is 378 g/mol. The van der Waals surface area contributed by atoms with E-state index in [-0.39, 0.29) is 17.2 Å². The van der Waals surface area contributed by atoms with Gasteiger partial charge in [0.15, 0.2) is 6.61 Å². The number of carbonyl (C=O) groups excluding carboxylic acids is 2. The van der Waals surface area contributed by atoms with E-state index in [0.29, 0.717) is 10.8 Å². The number of fused-ring (bicyclic) bond motifs is 1. The Morgan fingerprint density at radius 3 is 2.64 bits per heavy atom. The highest BCUT2D eigenvalue weighted by atomic mass is 35.5. The molecule has 2 aromatic carbocycles. The van der Waals surface area contributed by atoms with Gasteiger partial charge in [-0.15, -0.1) is 0 Å². The molecule has 0 saturated heterocycles. The van der Waals surface area contributed by atoms with Crippen LogP contribution in [0.25, 0.3) is 0 Å². The first-order chi connectivity index (χ1) is 12.0. The number of aryl methyl sites for hydroxylation is 2. The van der Waals surface area contributed by atoms with Crippen molar-refractivity contribution in [2.45, 2.75) is 19.3 Å². The average molecular weight is 379 g/mol. The molecule has 0 saturated carbocycles. The molecule has 0 atom stereocenters. The number of halogens is 2. The van der Waals surface area contributed by atoms with Crippen molar-refractivity contribution in [1.82, 2.24) is 10.9 Å². The molecule has 0 heterocycles. The quantitative estimate of drug-likeness (QED) is 0.801. The number of nitrogens with one attached hydrogen (secondary N) is 2. The fourth-order valence-corrected chi connectivity index (χ4v) is 3.06. The number of hydrazine groups is 1. The first-order valence-corrected chi connectivity index (χ1v) is 8.57. The Morgan fingerprint density at radius 2 is 1.80 bits per heavy atom. The smallest absolute Gasteiger partial charge is 0.276 e. The summed E-state index contributed by atoms with van der Waals surface area (Å²) >= 11 is 11.8. The van der Waals surface area contributed by atoms with Crippen molar-refractivity contribution >= 4 is 35.0 Å². The number of rotatable bonds is 4. The van der Waals surface area contributed by atoms with Gasteiger partial charge in [-0.3, -0.25) is 20.4 Å². The molecule has 2 aromatic rings. The third-order valence-electron chi connectivity index (χ3n) is 3.93. The van der Waals surface area contributed by atoms with Crippen LogP contribution in [0.2, 0.25) is 10.0 Å². The van der Waals surface area contributed by atoms with Crippen molar-refractivity contribution in [3.8, 4) is 5.75 Å². The molecular weight excluding hydrogens is 363 g/mol. The molecule has 0 aromatic heterocycles. The predicted octanol–water partition coefficient (Wildman–Crippen LogP) is 3.32. The van der Waals surface area contributed by atoms with Crippen molar-refractivity contribution in [2.75, 3.05) is 6.61 Å². The summed E-state index contributed by atoms with van der Waals surface area (Å²) in [6.45, 7) is -0.206. The van der Waals surface area contributed by atoms with Gasteiger partial charge in [0.2, 0.25) is 0 Å². The van der Waals surface area contributed by atoms with Gasteiger partial charge in [0.1, 0.15) is 5.75 Å². The lowest BCUT2D eigenvalue weighted by Crippen LogP contribution is -2.43. The second kappa shape index (κ2) is 7.76. The molecule has 1 aliphatic carbocycles. The lowest BCUT2D eigenvalue weighted by Gasteiger charge is -2.10. The van der Waals surface area contributed by atoms with E-state index in [1.54, 1.807) is 6.07 Å². The fraction of sp³-hybridized carbons (Fsp3) is 0.222. The topological polar surface area (TPSA) is 67.4 Å². The van der Waals surface area contributed by atoms with Gasteiger partial charge in [0.25, 0.3) is 11.8 Å². The molecule has 1 aliphatic rings. The van der Waals surface area contributed by atoms with Crippen LogP contribution < -0.4 is 15.6 Å². The van der Waals surface area contributed by atoms with Crippen LogP contribution in [0.3, 0.4) is 0 Å². The second-order valence-corrected chi connectivity index (χ2v) is 6.54. The summed E-state index contributed by atoms with van der Waals surface area (Å²) in [6.07, 6.45) is 3.28. The summed E-state index contributed by atoms with van der Waals surface area (Å²) in [7, 11) is 0. The predicted molar refractivity (Wildman–Crippen MR) is 96.0 cm³/mol. The van der Waals surface area contributed by atoms with Gasteiger partial charge in [-0.2, -0.15) is 0 Å². The number of carbonyl (C=O) groups is 2. The minimum atomic E-state index is -0.557. The summed E-state index contributed by atoms with van der Waals surface area (Å²) in [4.78, 5) is 23.8. The van der Waals surface area contributed by atoms with E-state index in [1.165, 1.54) is 23.3 Å². The Balaban J connectivity index is 1.49. The van der Waals surface area contributed by atoms with Crippen molar-refractivity contribution in [1.29, 1.82) is 0 Å². The molecule has 0 fully saturated rings. The molecule has 0 aliphatic heterocycles. The van der Waals surface area contributed by atoms with Crippen LogP contribution in [-0.4, -0.2) is 18.4 Å². The van der Waals surface area contributed by atoms with Crippen LogP contribution in [0.4, 0.5) is 0 Å². The van der Waals surface area contributed by atoms with Crippen LogP contribution in [0.15, 0.2) is 36.4 Å². The van der Waals surface area contributed by atoms with Crippen molar-refractivity contribution in [3.05, 3.63) is 63.1 Å². The first kappa shape index (κ1) is 17.6. The molecule has 0 spiro atoms. The molecule has 0 radical (unpaired) electrons. The minimum absolute atomic E-state index is 0.175. The van der Waals surface area contributed by atoms with Gasteiger partial charge >= 0.3 is 0 Å². The minimum Gasteiger partial charge on any atom is -0.484 e. The van der Waals surface area contributed by atoms with Crippen LogP contribution in [0, 0.1) is 0 Å². The zero-order chi connectivity index (χ0) is 17.8. The maximum absolute atomic E-state index is 12.0. The molecule has 0 bridgehead atoms. The van der Waals surface area contributed by atoms with Crippen molar-refractivity contribution in [3.63, 3.8) is 0 Å². The van der Waals surface area contributed by atoms with Gasteiger partial charge in [0, 0.05) is 5.02 Å². The van der Waals surface area contributed by atoms with E-state index in [9.17, 15) is 9.59 Å². The Hall–Kier alpha value is -2.24. The third kappa shape index (κ3) is 4.44. The molecule has 0 unspecified atom stereocenters. The van der Waals surface area contributed by atoms with Crippen LogP contribution in [0.5, 0.6) is 5.75 Å². The van der Waals surface area contributed by atoms with Crippen molar-refractivity contribution < 1.29 is 14.3 Å². The normalized spacial score (nSPS) is 12.4. The van der Waals surface area contributed by atoms with Crippen molar-refractivity contribution in [2.24, 2.45) is 0 Å². The number of benzene rings is 2. The molecule has 5 nitrogen and oxygen atoms in total. The SMILES string of the molecule is O=C(COc1ccc2c(c1)CCC2)NNC(=O)c1cc(Cl)ccc1Cl. The van der Waals surface area contributed by atoms with Gasteiger partial charge < -0.3 is 4.74 Å². The van der Waals surface area contributed by atoms with Gasteiger partial charge in [0.05, 0.1) is 10.6 Å². The average Bonchev–Trinajstić information content (AvgIpc) is 3.07. The summed E-state index contributed by atoms with van der Waals surface area (Å²) < 4.78 is 5.46. The highest BCUT2D eigenvalue weighted by Gasteiger charge is 2.14. The van der Waals surface area contributed by atoms with E-state index in [2.05, 4.69) is 10.9 Å². The van der Waals surface area contributed by atoms with E-state index in [0.717, 1.165) is 19.3 Å². The van der Waals surface area contributed by atoms with Gasteiger partial charge in [-0.05, 0) is 60.7 Å². The third-order valence-corrected chi connectivity index (χ3v) is 4.49. The summed E-state index contributed by atoms with van der Waals surface area (Å²) in [5, 5.41) is 0.617. The Kier molecular flexibility index (Phi) is 5.46. The number of amides is 2. The highest BCUT2D eigenvalue weighted by molar-refractivity contribution is 6.35. The highest BCUT2D eigenvalue weighted by Crippen LogP contribution is 2.26. The lowest BCUT2D eigenvalue weighted by atomic mass is 10.1. The molecule has 2 N–H and O–H groups in total. The van der Waals surface area contributed by atoms with E-state index < -0.39 is 11.8 Å². The Bertz CT molecular complexity index is 824. The largest absolute Gasteiger partial charge is 0.484 e. The Labute approximate surface area is 155 Å². The Morgan fingerprint density at radius 1 is 1.00 bits per heavy atom. The van der Waals surface area contributed by atoms with E-state index in [1.807, 2.05) is 18.2 Å². The zero-order valence-corrected chi connectivity index (χ0v) is 14.8. The number of hydrogen-bond acceptors (Lipinski definition) is 3. The fourth-order valence-electron chi connectivity index (χ4n) is 2.69. The summed E-state index contributed by atoms with van der Waals surface area (Å²) in [6, 6.07) is 10.3. The van der Waals surface area contributed by atoms with E-state index in [4.69, 9.17) is 27.9 Å². The second-order valence-electron chi connectivity index (χ2n) is 5.70. The number of ether oxygens (including phenoxy) is 1. The molecule has 130 valence electrons. The first-order valence-electron chi connectivity index (χ1n) is 7.82. The molecule has 3 rings (SSSR count). The number of hydrogen-bond donors (Lipinski definition) is 2. The van der Waals surface area contributed by atoms with Crippen LogP contribution in [0.1, 0.15) is 27.9 Å². The summed E-state index contributed by atoms with van der Waals surface area (Å²) in [5.74, 6) is -0.398. The molecule has 2 amide bonds. The van der Waals surface area contributed by atoms with E-state index >= 15 is 0 Å². The molecular formula is C18H16Cl2N2O3. The maximum atomic E-state index is 12.0.